The van der Waals surface area contributed by atoms with E-state index in [4.69, 9.17) is 5.26 Å². The average molecular weight is 288 g/mol. The van der Waals surface area contributed by atoms with Gasteiger partial charge in [0.15, 0.2) is 11.4 Å². The number of thioether (sulfide) groups is 1. The van der Waals surface area contributed by atoms with E-state index in [0.717, 1.165) is 24.7 Å². The summed E-state index contributed by atoms with van der Waals surface area (Å²) in [5.41, 5.74) is 2.13. The van der Waals surface area contributed by atoms with E-state index >= 15 is 0 Å². The smallest absolute Gasteiger partial charge is 0.183 e. The van der Waals surface area contributed by atoms with Crippen molar-refractivity contribution in [1.29, 1.82) is 5.26 Å². The van der Waals surface area contributed by atoms with E-state index in [0.29, 0.717) is 5.17 Å². The van der Waals surface area contributed by atoms with Crippen molar-refractivity contribution < 1.29 is 0 Å². The van der Waals surface area contributed by atoms with Gasteiger partial charge in [0.2, 0.25) is 0 Å². The fourth-order valence-corrected chi connectivity index (χ4v) is 2.80. The van der Waals surface area contributed by atoms with Crippen LogP contribution in [-0.2, 0) is 0 Å². The van der Waals surface area contributed by atoms with Crippen molar-refractivity contribution in [3.63, 3.8) is 0 Å². The topological polar surface area (TPSA) is 51.4 Å². The molecular weight excluding hydrogens is 268 g/mol. The third-order valence-corrected chi connectivity index (χ3v) is 4.04. The Kier molecular flexibility index (Phi) is 5.31. The van der Waals surface area contributed by atoms with Crippen LogP contribution in [0.1, 0.15) is 19.8 Å². The number of nitrogens with one attached hydrogen (secondary N) is 1. The molecule has 1 aliphatic rings. The standard InChI is InChI=1S/C15H20N4S/c1-12-4-3-9-19(10-12)14-7-5-13(6-8-14)18-15(20-2)17-11-16/h5-8,12H,3-4,9-10H2,1-2H3,(H,17,18). The number of benzene rings is 1. The molecule has 1 aliphatic heterocycles. The molecule has 1 unspecified atom stereocenters. The Morgan fingerprint density at radius 2 is 2.20 bits per heavy atom. The van der Waals surface area contributed by atoms with Crippen LogP contribution in [-0.4, -0.2) is 24.5 Å². The second-order valence-corrected chi connectivity index (χ2v) is 5.86. The highest BCUT2D eigenvalue weighted by Gasteiger charge is 2.16. The van der Waals surface area contributed by atoms with Crippen LogP contribution in [0.2, 0.25) is 0 Å². The Hall–Kier alpha value is -1.67. The zero-order valence-electron chi connectivity index (χ0n) is 12.0. The van der Waals surface area contributed by atoms with Gasteiger partial charge in [0, 0.05) is 18.8 Å². The first-order valence-electron chi connectivity index (χ1n) is 6.85. The number of hydrogen-bond acceptors (Lipinski definition) is 4. The molecule has 0 amide bonds. The molecule has 1 N–H and O–H groups in total. The molecule has 1 atom stereocenters. The molecule has 0 aliphatic carbocycles. The summed E-state index contributed by atoms with van der Waals surface area (Å²) in [4.78, 5) is 6.83. The van der Waals surface area contributed by atoms with Crippen LogP contribution in [0.25, 0.3) is 0 Å². The zero-order valence-corrected chi connectivity index (χ0v) is 12.8. The monoisotopic (exact) mass is 288 g/mol. The van der Waals surface area contributed by atoms with Gasteiger partial charge in [-0.3, -0.25) is 5.32 Å². The molecule has 0 spiro atoms. The van der Waals surface area contributed by atoms with Crippen LogP contribution in [0.4, 0.5) is 11.4 Å². The molecule has 1 saturated heterocycles. The van der Waals surface area contributed by atoms with Crippen molar-refractivity contribution in [2.75, 3.05) is 24.2 Å². The highest BCUT2D eigenvalue weighted by atomic mass is 32.2. The Bertz CT molecular complexity index is 504. The van der Waals surface area contributed by atoms with Crippen LogP contribution >= 0.6 is 11.8 Å². The summed E-state index contributed by atoms with van der Waals surface area (Å²) in [7, 11) is 0. The van der Waals surface area contributed by atoms with E-state index in [9.17, 15) is 0 Å². The molecule has 0 aromatic heterocycles. The molecule has 4 nitrogen and oxygen atoms in total. The Labute approximate surface area is 124 Å². The first-order valence-corrected chi connectivity index (χ1v) is 8.08. The number of nitrogens with zero attached hydrogens (tertiary/aromatic N) is 3. The van der Waals surface area contributed by atoms with Crippen molar-refractivity contribution in [3.8, 4) is 6.19 Å². The van der Waals surface area contributed by atoms with Gasteiger partial charge in [-0.2, -0.15) is 5.26 Å². The molecule has 0 radical (unpaired) electrons. The van der Waals surface area contributed by atoms with Crippen molar-refractivity contribution in [2.45, 2.75) is 19.8 Å². The molecule has 1 fully saturated rings. The van der Waals surface area contributed by atoms with E-state index in [1.807, 2.05) is 24.6 Å². The number of nitriles is 1. The highest BCUT2D eigenvalue weighted by molar-refractivity contribution is 8.13. The maximum absolute atomic E-state index is 8.62. The summed E-state index contributed by atoms with van der Waals surface area (Å²) in [6, 6.07) is 8.23. The maximum Gasteiger partial charge on any atom is 0.183 e. The van der Waals surface area contributed by atoms with E-state index in [-0.39, 0.29) is 0 Å². The summed E-state index contributed by atoms with van der Waals surface area (Å²) in [5.74, 6) is 0.768. The van der Waals surface area contributed by atoms with Gasteiger partial charge in [0.25, 0.3) is 0 Å². The first-order chi connectivity index (χ1) is 9.72. The molecule has 0 bridgehead atoms. The van der Waals surface area contributed by atoms with Crippen molar-refractivity contribution in [1.82, 2.24) is 5.32 Å². The fourth-order valence-electron chi connectivity index (χ4n) is 2.45. The minimum absolute atomic E-state index is 0.617. The van der Waals surface area contributed by atoms with E-state index in [2.05, 4.69) is 34.3 Å². The van der Waals surface area contributed by atoms with Crippen molar-refractivity contribution >= 4 is 28.3 Å². The SMILES string of the molecule is CSC(=Nc1ccc(N2CCCC(C)C2)cc1)NC#N. The minimum Gasteiger partial charge on any atom is -0.371 e. The van der Waals surface area contributed by atoms with E-state index in [1.165, 1.54) is 30.3 Å². The molecule has 106 valence electrons. The van der Waals surface area contributed by atoms with Crippen molar-refractivity contribution in [2.24, 2.45) is 10.9 Å². The second kappa shape index (κ2) is 7.20. The van der Waals surface area contributed by atoms with Gasteiger partial charge in [-0.1, -0.05) is 18.7 Å². The van der Waals surface area contributed by atoms with Gasteiger partial charge in [-0.15, -0.1) is 0 Å². The average Bonchev–Trinajstić information content (AvgIpc) is 2.47. The van der Waals surface area contributed by atoms with E-state index in [1.54, 1.807) is 0 Å². The largest absolute Gasteiger partial charge is 0.371 e. The number of rotatable bonds is 2. The molecule has 5 heteroatoms. The van der Waals surface area contributed by atoms with Crippen LogP contribution in [0.3, 0.4) is 0 Å². The number of hydrogen-bond donors (Lipinski definition) is 1. The predicted molar refractivity (Wildman–Crippen MR) is 86.4 cm³/mol. The van der Waals surface area contributed by atoms with Gasteiger partial charge < -0.3 is 4.90 Å². The molecule has 0 saturated carbocycles. The van der Waals surface area contributed by atoms with Gasteiger partial charge in [-0.05, 0) is 49.3 Å². The molecule has 2 rings (SSSR count). The maximum atomic E-state index is 8.62. The van der Waals surface area contributed by atoms with E-state index < -0.39 is 0 Å². The highest BCUT2D eigenvalue weighted by Crippen LogP contribution is 2.25. The quantitative estimate of drug-likeness (QED) is 0.392. The molecular formula is C15H20N4S. The third kappa shape index (κ3) is 3.91. The van der Waals surface area contributed by atoms with Crippen LogP contribution < -0.4 is 10.2 Å². The van der Waals surface area contributed by atoms with Gasteiger partial charge in [0.05, 0.1) is 5.69 Å². The number of amidine groups is 1. The van der Waals surface area contributed by atoms with Crippen LogP contribution in [0.5, 0.6) is 0 Å². The lowest BCUT2D eigenvalue weighted by atomic mass is 10.00. The molecule has 1 aromatic carbocycles. The van der Waals surface area contributed by atoms with Crippen LogP contribution in [0, 0.1) is 17.4 Å². The summed E-state index contributed by atoms with van der Waals surface area (Å²) in [6.07, 6.45) is 6.39. The second-order valence-electron chi connectivity index (χ2n) is 5.07. The van der Waals surface area contributed by atoms with Crippen molar-refractivity contribution in [3.05, 3.63) is 24.3 Å². The summed E-state index contributed by atoms with van der Waals surface area (Å²) in [5, 5.41) is 11.8. The van der Waals surface area contributed by atoms with Gasteiger partial charge in [0.1, 0.15) is 0 Å². The van der Waals surface area contributed by atoms with Crippen LogP contribution in [0.15, 0.2) is 29.3 Å². The number of anilines is 1. The third-order valence-electron chi connectivity index (χ3n) is 3.46. The Balaban J connectivity index is 2.08. The number of aliphatic imine (C=N–C) groups is 1. The Morgan fingerprint density at radius 1 is 1.45 bits per heavy atom. The predicted octanol–water partition coefficient (Wildman–Crippen LogP) is 3.34. The van der Waals surface area contributed by atoms with Gasteiger partial charge >= 0.3 is 0 Å². The molecule has 20 heavy (non-hydrogen) atoms. The normalized spacial score (nSPS) is 19.6. The molecule has 1 heterocycles. The minimum atomic E-state index is 0.617. The van der Waals surface area contributed by atoms with Gasteiger partial charge in [-0.25, -0.2) is 4.99 Å². The summed E-state index contributed by atoms with van der Waals surface area (Å²) in [6.45, 7) is 4.58. The summed E-state index contributed by atoms with van der Waals surface area (Å²) >= 11 is 1.43. The lowest BCUT2D eigenvalue weighted by molar-refractivity contribution is 0.447. The molecule has 1 aromatic rings. The lowest BCUT2D eigenvalue weighted by Gasteiger charge is -2.32. The first kappa shape index (κ1) is 14.7. The Morgan fingerprint density at radius 3 is 2.80 bits per heavy atom. The number of piperidine rings is 1. The zero-order chi connectivity index (χ0) is 14.4. The summed E-state index contributed by atoms with van der Waals surface area (Å²) < 4.78 is 0. The lowest BCUT2D eigenvalue weighted by Crippen LogP contribution is -2.34. The fraction of sp³-hybridized carbons (Fsp3) is 0.467.